The molecular formula is C27H28FNO3. The van der Waals surface area contributed by atoms with Crippen molar-refractivity contribution in [2.45, 2.75) is 38.7 Å². The van der Waals surface area contributed by atoms with Crippen molar-refractivity contribution in [3.05, 3.63) is 94.8 Å². The number of hydrogen-bond donors (Lipinski definition) is 1. The lowest BCUT2D eigenvalue weighted by molar-refractivity contribution is -0.136. The van der Waals surface area contributed by atoms with Gasteiger partial charge < -0.3 is 14.7 Å². The van der Waals surface area contributed by atoms with E-state index in [9.17, 15) is 9.18 Å². The minimum absolute atomic E-state index is 0.0912. The van der Waals surface area contributed by atoms with Crippen LogP contribution in [0.2, 0.25) is 0 Å². The number of carboxylic acid groups (broad SMARTS) is 1. The standard InChI is InChI=1S/C27H28FNO3/c28-25-18-24(13-11-21(25)12-14-26(30)31)32-19-23-9-4-8-22-10-5-16-29(27(22)23)17-15-20-6-2-1-3-7-20/h1-4,6-9,11,13,18H,5,10,12,14-17,19H2,(H,30,31). The van der Waals surface area contributed by atoms with Crippen molar-refractivity contribution in [1.82, 2.24) is 0 Å². The molecule has 3 aromatic carbocycles. The molecule has 0 bridgehead atoms. The van der Waals surface area contributed by atoms with Crippen molar-refractivity contribution in [2.75, 3.05) is 18.0 Å². The quantitative estimate of drug-likeness (QED) is 0.490. The van der Waals surface area contributed by atoms with Gasteiger partial charge in [0.15, 0.2) is 0 Å². The van der Waals surface area contributed by atoms with Gasteiger partial charge in [-0.1, -0.05) is 54.6 Å². The number of halogens is 1. The summed E-state index contributed by atoms with van der Waals surface area (Å²) in [4.78, 5) is 13.2. The number of fused-ring (bicyclic) bond motifs is 1. The molecule has 4 rings (SSSR count). The van der Waals surface area contributed by atoms with Crippen LogP contribution in [0.4, 0.5) is 10.1 Å². The first-order valence-electron chi connectivity index (χ1n) is 11.1. The SMILES string of the molecule is O=C(O)CCc1ccc(OCc2cccc3c2N(CCc2ccccc2)CCC3)cc1F. The molecule has 1 aliphatic rings. The van der Waals surface area contributed by atoms with E-state index < -0.39 is 11.8 Å². The molecular weight excluding hydrogens is 405 g/mol. The van der Waals surface area contributed by atoms with Gasteiger partial charge in [0, 0.05) is 36.8 Å². The number of aryl methyl sites for hydroxylation is 2. The van der Waals surface area contributed by atoms with Gasteiger partial charge in [0.25, 0.3) is 0 Å². The van der Waals surface area contributed by atoms with Crippen LogP contribution < -0.4 is 9.64 Å². The van der Waals surface area contributed by atoms with Gasteiger partial charge in [0.05, 0.1) is 0 Å². The molecule has 4 nitrogen and oxygen atoms in total. The number of rotatable bonds is 9. The highest BCUT2D eigenvalue weighted by atomic mass is 19.1. The predicted octanol–water partition coefficient (Wildman–Crippen LogP) is 5.42. The third-order valence-electron chi connectivity index (χ3n) is 5.93. The zero-order chi connectivity index (χ0) is 22.3. The van der Waals surface area contributed by atoms with E-state index in [4.69, 9.17) is 9.84 Å². The molecule has 0 spiro atoms. The van der Waals surface area contributed by atoms with Gasteiger partial charge in [0.2, 0.25) is 0 Å². The summed E-state index contributed by atoms with van der Waals surface area (Å²) in [6, 6.07) is 21.5. The minimum atomic E-state index is -0.935. The molecule has 0 radical (unpaired) electrons. The van der Waals surface area contributed by atoms with E-state index in [1.807, 2.05) is 6.07 Å². The molecule has 0 aromatic heterocycles. The lowest BCUT2D eigenvalue weighted by Crippen LogP contribution is -2.32. The van der Waals surface area contributed by atoms with Crippen molar-refractivity contribution in [3.63, 3.8) is 0 Å². The number of anilines is 1. The Balaban J connectivity index is 1.45. The average Bonchev–Trinajstić information content (AvgIpc) is 2.81. The first-order valence-corrected chi connectivity index (χ1v) is 11.1. The van der Waals surface area contributed by atoms with Crippen LogP contribution in [0, 0.1) is 5.82 Å². The second kappa shape index (κ2) is 10.3. The Morgan fingerprint density at radius 2 is 1.84 bits per heavy atom. The van der Waals surface area contributed by atoms with E-state index in [-0.39, 0.29) is 12.8 Å². The van der Waals surface area contributed by atoms with E-state index in [1.165, 1.54) is 22.9 Å². The van der Waals surface area contributed by atoms with Crippen LogP contribution in [0.15, 0.2) is 66.7 Å². The van der Waals surface area contributed by atoms with Gasteiger partial charge in [-0.3, -0.25) is 4.79 Å². The van der Waals surface area contributed by atoms with Crippen molar-refractivity contribution < 1.29 is 19.0 Å². The number of nitrogens with zero attached hydrogens (tertiary/aromatic N) is 1. The fraction of sp³-hybridized carbons (Fsp3) is 0.296. The number of benzene rings is 3. The van der Waals surface area contributed by atoms with Crippen LogP contribution >= 0.6 is 0 Å². The number of carboxylic acids is 1. The first kappa shape index (κ1) is 21.9. The zero-order valence-electron chi connectivity index (χ0n) is 18.1. The van der Waals surface area contributed by atoms with Crippen LogP contribution in [0.25, 0.3) is 0 Å². The van der Waals surface area contributed by atoms with Crippen molar-refractivity contribution >= 4 is 11.7 Å². The van der Waals surface area contributed by atoms with Crippen molar-refractivity contribution in [3.8, 4) is 5.75 Å². The molecule has 0 fully saturated rings. The Morgan fingerprint density at radius 1 is 1.00 bits per heavy atom. The second-order valence-electron chi connectivity index (χ2n) is 8.19. The lowest BCUT2D eigenvalue weighted by Gasteiger charge is -2.33. The summed E-state index contributed by atoms with van der Waals surface area (Å²) in [6.45, 7) is 2.32. The molecule has 3 aromatic rings. The molecule has 5 heteroatoms. The summed E-state index contributed by atoms with van der Waals surface area (Å²) in [6.07, 6.45) is 3.25. The molecule has 0 aliphatic carbocycles. The fourth-order valence-electron chi connectivity index (χ4n) is 4.30. The second-order valence-corrected chi connectivity index (χ2v) is 8.19. The predicted molar refractivity (Wildman–Crippen MR) is 124 cm³/mol. The number of ether oxygens (including phenoxy) is 1. The van der Waals surface area contributed by atoms with Gasteiger partial charge in [-0.25, -0.2) is 4.39 Å². The van der Waals surface area contributed by atoms with Crippen molar-refractivity contribution in [2.24, 2.45) is 0 Å². The number of hydrogen-bond acceptors (Lipinski definition) is 3. The van der Waals surface area contributed by atoms with Gasteiger partial charge in [-0.15, -0.1) is 0 Å². The van der Waals surface area contributed by atoms with E-state index in [1.54, 1.807) is 12.1 Å². The summed E-state index contributed by atoms with van der Waals surface area (Å²) < 4.78 is 20.3. The Bertz CT molecular complexity index is 1070. The summed E-state index contributed by atoms with van der Waals surface area (Å²) in [5, 5.41) is 8.80. The molecule has 0 saturated heterocycles. The lowest BCUT2D eigenvalue weighted by atomic mass is 9.97. The number of carbonyl (C=O) groups is 1. The summed E-state index contributed by atoms with van der Waals surface area (Å²) in [5.41, 5.74) is 5.40. The third-order valence-corrected chi connectivity index (χ3v) is 5.93. The fourth-order valence-corrected chi connectivity index (χ4v) is 4.30. The maximum absolute atomic E-state index is 14.3. The topological polar surface area (TPSA) is 49.8 Å². The van der Waals surface area contributed by atoms with Crippen LogP contribution in [0.5, 0.6) is 5.75 Å². The number of aliphatic carboxylic acids is 1. The zero-order valence-corrected chi connectivity index (χ0v) is 18.1. The van der Waals surface area contributed by atoms with Crippen LogP contribution in [0.1, 0.15) is 35.1 Å². The highest BCUT2D eigenvalue weighted by Gasteiger charge is 2.20. The van der Waals surface area contributed by atoms with Crippen LogP contribution in [-0.2, 0) is 30.7 Å². The van der Waals surface area contributed by atoms with Crippen LogP contribution in [-0.4, -0.2) is 24.2 Å². The Hall–Kier alpha value is -3.34. The van der Waals surface area contributed by atoms with E-state index >= 15 is 0 Å². The minimum Gasteiger partial charge on any atom is -0.489 e. The van der Waals surface area contributed by atoms with Crippen molar-refractivity contribution in [1.29, 1.82) is 0 Å². The molecule has 0 atom stereocenters. The maximum Gasteiger partial charge on any atom is 0.303 e. The highest BCUT2D eigenvalue weighted by Crippen LogP contribution is 2.32. The molecule has 1 N–H and O–H groups in total. The third kappa shape index (κ3) is 5.47. The highest BCUT2D eigenvalue weighted by molar-refractivity contribution is 5.67. The van der Waals surface area contributed by atoms with Gasteiger partial charge >= 0.3 is 5.97 Å². The number of para-hydroxylation sites is 1. The van der Waals surface area contributed by atoms with Crippen LogP contribution in [0.3, 0.4) is 0 Å². The van der Waals surface area contributed by atoms with E-state index in [0.717, 1.165) is 37.9 Å². The normalized spacial score (nSPS) is 13.0. The molecule has 0 unspecified atom stereocenters. The molecule has 0 amide bonds. The Labute approximate surface area is 188 Å². The van der Waals surface area contributed by atoms with E-state index in [2.05, 4.69) is 47.4 Å². The van der Waals surface area contributed by atoms with Gasteiger partial charge in [-0.2, -0.15) is 0 Å². The van der Waals surface area contributed by atoms with Gasteiger partial charge in [0.1, 0.15) is 18.2 Å². The molecule has 166 valence electrons. The first-order chi connectivity index (χ1) is 15.6. The Kier molecular flexibility index (Phi) is 7.05. The summed E-state index contributed by atoms with van der Waals surface area (Å²) >= 11 is 0. The average molecular weight is 434 g/mol. The summed E-state index contributed by atoms with van der Waals surface area (Å²) in [5.74, 6) is -0.912. The Morgan fingerprint density at radius 3 is 2.62 bits per heavy atom. The van der Waals surface area contributed by atoms with Gasteiger partial charge in [-0.05, 0) is 48.4 Å². The molecule has 0 saturated carbocycles. The molecule has 1 aliphatic heterocycles. The molecule has 32 heavy (non-hydrogen) atoms. The molecule has 1 heterocycles. The maximum atomic E-state index is 14.3. The van der Waals surface area contributed by atoms with E-state index in [0.29, 0.717) is 17.9 Å². The monoisotopic (exact) mass is 433 g/mol. The largest absolute Gasteiger partial charge is 0.489 e. The summed E-state index contributed by atoms with van der Waals surface area (Å²) in [7, 11) is 0. The smallest absolute Gasteiger partial charge is 0.303 e.